The van der Waals surface area contributed by atoms with Gasteiger partial charge in [0.2, 0.25) is 10.0 Å². The Kier molecular flexibility index (Phi) is 4.80. The lowest BCUT2D eigenvalue weighted by Crippen LogP contribution is -2.64. The first-order valence-corrected chi connectivity index (χ1v) is 12.4. The zero-order chi connectivity index (χ0) is 24.0. The molecule has 35 heavy (non-hydrogen) atoms. The van der Waals surface area contributed by atoms with Gasteiger partial charge in [0.1, 0.15) is 23.3 Å². The predicted octanol–water partition coefficient (Wildman–Crippen LogP) is 3.36. The maximum Gasteiger partial charge on any atom is 0.243 e. The van der Waals surface area contributed by atoms with Crippen molar-refractivity contribution in [3.8, 4) is 6.07 Å². The van der Waals surface area contributed by atoms with Crippen molar-refractivity contribution < 1.29 is 8.42 Å². The molecule has 1 saturated heterocycles. The molecule has 2 aromatic carbocycles. The highest BCUT2D eigenvalue weighted by molar-refractivity contribution is 7.89. The van der Waals surface area contributed by atoms with Crippen molar-refractivity contribution in [3.05, 3.63) is 73.4 Å². The summed E-state index contributed by atoms with van der Waals surface area (Å²) in [5.41, 5.74) is 0.650. The van der Waals surface area contributed by atoms with Gasteiger partial charge in [0.05, 0.1) is 34.7 Å². The van der Waals surface area contributed by atoms with Crippen LogP contribution in [0.15, 0.2) is 78.3 Å². The van der Waals surface area contributed by atoms with Crippen molar-refractivity contribution >= 4 is 43.3 Å². The van der Waals surface area contributed by atoms with E-state index >= 15 is 0 Å². The summed E-state index contributed by atoms with van der Waals surface area (Å²) in [4.78, 5) is 11.8. The molecule has 1 aliphatic heterocycles. The number of fused-ring (bicyclic) bond motifs is 2. The van der Waals surface area contributed by atoms with Gasteiger partial charge < -0.3 is 10.3 Å². The van der Waals surface area contributed by atoms with Gasteiger partial charge in [-0.1, -0.05) is 30.3 Å². The standard InChI is InChI=1S/C24H20N8O2S/c25-9-8-24(32-13-19(12-29-32)30-23-21-7-10-26-22(21)27-16-28-23)14-31(15-24)35(33,34)20-6-5-17-3-1-2-4-18(17)11-20/h1-7,10-13,16H,8,14-15H2,(H2,26,27,28,30). The highest BCUT2D eigenvalue weighted by Crippen LogP contribution is 2.37. The number of hydrogen-bond donors (Lipinski definition) is 2. The van der Waals surface area contributed by atoms with Crippen LogP contribution < -0.4 is 5.32 Å². The van der Waals surface area contributed by atoms with Crippen LogP contribution in [0.5, 0.6) is 0 Å². The summed E-state index contributed by atoms with van der Waals surface area (Å²) in [6.07, 6.45) is 6.80. The van der Waals surface area contributed by atoms with Crippen LogP contribution in [0.25, 0.3) is 21.8 Å². The Morgan fingerprint density at radius 2 is 1.94 bits per heavy atom. The number of hydrogen-bond acceptors (Lipinski definition) is 7. The highest BCUT2D eigenvalue weighted by atomic mass is 32.2. The molecule has 0 amide bonds. The minimum absolute atomic E-state index is 0.132. The number of aromatic amines is 1. The zero-order valence-electron chi connectivity index (χ0n) is 18.5. The predicted molar refractivity (Wildman–Crippen MR) is 130 cm³/mol. The van der Waals surface area contributed by atoms with E-state index in [-0.39, 0.29) is 24.4 Å². The summed E-state index contributed by atoms with van der Waals surface area (Å²) in [5, 5.41) is 19.9. The summed E-state index contributed by atoms with van der Waals surface area (Å²) in [5.74, 6) is 0.624. The summed E-state index contributed by atoms with van der Waals surface area (Å²) < 4.78 is 29.7. The van der Waals surface area contributed by atoms with Crippen LogP contribution >= 0.6 is 0 Å². The van der Waals surface area contributed by atoms with Crippen LogP contribution in [0.4, 0.5) is 11.5 Å². The maximum atomic E-state index is 13.3. The van der Waals surface area contributed by atoms with Gasteiger partial charge in [-0.25, -0.2) is 18.4 Å². The molecule has 3 aromatic heterocycles. The summed E-state index contributed by atoms with van der Waals surface area (Å²) in [6, 6.07) is 16.8. The van der Waals surface area contributed by atoms with E-state index in [0.717, 1.165) is 16.2 Å². The van der Waals surface area contributed by atoms with Crippen molar-refractivity contribution in [1.82, 2.24) is 29.0 Å². The Morgan fingerprint density at radius 3 is 2.77 bits per heavy atom. The average Bonchev–Trinajstić information content (AvgIpc) is 3.51. The normalized spacial score (nSPS) is 15.6. The first-order chi connectivity index (χ1) is 17.0. The Morgan fingerprint density at radius 1 is 1.11 bits per heavy atom. The second-order valence-corrected chi connectivity index (χ2v) is 10.5. The molecule has 0 saturated carbocycles. The fourth-order valence-corrected chi connectivity index (χ4v) is 6.13. The van der Waals surface area contributed by atoms with Gasteiger partial charge in [-0.2, -0.15) is 14.7 Å². The molecule has 1 aliphatic rings. The van der Waals surface area contributed by atoms with Gasteiger partial charge in [-0.15, -0.1) is 0 Å². The van der Waals surface area contributed by atoms with Gasteiger partial charge in [0.25, 0.3) is 0 Å². The number of nitrogens with one attached hydrogen (secondary N) is 2. The number of sulfonamides is 1. The van der Waals surface area contributed by atoms with Gasteiger partial charge in [0, 0.05) is 25.5 Å². The fourth-order valence-electron chi connectivity index (χ4n) is 4.50. The monoisotopic (exact) mass is 484 g/mol. The van der Waals surface area contributed by atoms with Crippen molar-refractivity contribution in [1.29, 1.82) is 5.26 Å². The Hall–Kier alpha value is -4.27. The minimum atomic E-state index is -3.70. The molecule has 1 fully saturated rings. The molecule has 2 N–H and O–H groups in total. The molecule has 174 valence electrons. The molecule has 0 bridgehead atoms. The third kappa shape index (κ3) is 3.51. The molecule has 0 unspecified atom stereocenters. The summed E-state index contributed by atoms with van der Waals surface area (Å²) in [7, 11) is -3.70. The average molecular weight is 485 g/mol. The quantitative estimate of drug-likeness (QED) is 0.378. The molecule has 6 rings (SSSR count). The second kappa shape index (κ2) is 7.90. The molecule has 5 aromatic rings. The number of rotatable bonds is 6. The van der Waals surface area contributed by atoms with E-state index in [9.17, 15) is 13.7 Å². The molecule has 0 radical (unpaired) electrons. The number of anilines is 2. The smallest absolute Gasteiger partial charge is 0.243 e. The van der Waals surface area contributed by atoms with E-state index in [2.05, 4.69) is 31.4 Å². The van der Waals surface area contributed by atoms with E-state index in [1.54, 1.807) is 35.4 Å². The van der Waals surface area contributed by atoms with Crippen LogP contribution in [-0.2, 0) is 15.6 Å². The fraction of sp³-hybridized carbons (Fsp3) is 0.167. The maximum absolute atomic E-state index is 13.3. The second-order valence-electron chi connectivity index (χ2n) is 8.60. The first-order valence-electron chi connectivity index (χ1n) is 10.9. The van der Waals surface area contributed by atoms with Crippen LogP contribution in [-0.4, -0.2) is 50.5 Å². The third-order valence-electron chi connectivity index (χ3n) is 6.39. The van der Waals surface area contributed by atoms with Crippen LogP contribution in [0, 0.1) is 11.3 Å². The van der Waals surface area contributed by atoms with Crippen molar-refractivity contribution in [3.63, 3.8) is 0 Å². The number of nitrogens with zero attached hydrogens (tertiary/aromatic N) is 6. The molecule has 11 heteroatoms. The molecule has 0 spiro atoms. The topological polar surface area (TPSA) is 133 Å². The molecule has 10 nitrogen and oxygen atoms in total. The lowest BCUT2D eigenvalue weighted by molar-refractivity contribution is 0.0717. The lowest BCUT2D eigenvalue weighted by atomic mass is 9.89. The van der Waals surface area contributed by atoms with Crippen molar-refractivity contribution in [2.45, 2.75) is 16.9 Å². The third-order valence-corrected chi connectivity index (χ3v) is 8.18. The number of benzene rings is 2. The first kappa shape index (κ1) is 21.3. The SMILES string of the molecule is N#CCC1(n2cc(Nc3ncnc4[nH]ccc34)cn2)CN(S(=O)(=O)c2ccc3ccccc3c2)C1. The van der Waals surface area contributed by atoms with E-state index in [4.69, 9.17) is 0 Å². The Balaban J connectivity index is 1.25. The molecular weight excluding hydrogens is 464 g/mol. The molecule has 0 atom stereocenters. The zero-order valence-corrected chi connectivity index (χ0v) is 19.3. The van der Waals surface area contributed by atoms with Crippen LogP contribution in [0.3, 0.4) is 0 Å². The van der Waals surface area contributed by atoms with Crippen LogP contribution in [0.2, 0.25) is 0 Å². The van der Waals surface area contributed by atoms with Gasteiger partial charge in [0.15, 0.2) is 0 Å². The lowest BCUT2D eigenvalue weighted by Gasteiger charge is -2.47. The van der Waals surface area contributed by atoms with Crippen LogP contribution in [0.1, 0.15) is 6.42 Å². The van der Waals surface area contributed by atoms with Crippen molar-refractivity contribution in [2.24, 2.45) is 0 Å². The van der Waals surface area contributed by atoms with E-state index in [0.29, 0.717) is 17.2 Å². The minimum Gasteiger partial charge on any atom is -0.346 e. The highest BCUT2D eigenvalue weighted by Gasteiger charge is 2.50. The van der Waals surface area contributed by atoms with Gasteiger partial charge >= 0.3 is 0 Å². The number of aromatic nitrogens is 5. The van der Waals surface area contributed by atoms with E-state index < -0.39 is 15.6 Å². The summed E-state index contributed by atoms with van der Waals surface area (Å²) >= 11 is 0. The molecule has 0 aliphatic carbocycles. The van der Waals surface area contributed by atoms with Gasteiger partial charge in [-0.3, -0.25) is 4.68 Å². The largest absolute Gasteiger partial charge is 0.346 e. The molecule has 4 heterocycles. The number of H-pyrrole nitrogens is 1. The van der Waals surface area contributed by atoms with Crippen molar-refractivity contribution in [2.75, 3.05) is 18.4 Å². The number of nitriles is 1. The van der Waals surface area contributed by atoms with E-state index in [1.165, 1.54) is 10.6 Å². The molecular formula is C24H20N8O2S. The Bertz CT molecular complexity index is 1710. The Labute approximate surface area is 200 Å². The summed E-state index contributed by atoms with van der Waals surface area (Å²) in [6.45, 7) is 0.318. The van der Waals surface area contributed by atoms with E-state index in [1.807, 2.05) is 36.4 Å². The van der Waals surface area contributed by atoms with Gasteiger partial charge in [-0.05, 0) is 29.0 Å².